The fourth-order valence-electron chi connectivity index (χ4n) is 3.24. The van der Waals surface area contributed by atoms with Gasteiger partial charge in [0.2, 0.25) is 0 Å². The van der Waals surface area contributed by atoms with Gasteiger partial charge in [-0.2, -0.15) is 0 Å². The van der Waals surface area contributed by atoms with Gasteiger partial charge in [0.15, 0.2) is 0 Å². The number of nitrogens with one attached hydrogen (secondary N) is 1. The minimum Gasteiger partial charge on any atom is -0.313 e. The van der Waals surface area contributed by atoms with Crippen molar-refractivity contribution in [3.05, 3.63) is 36.3 Å². The highest BCUT2D eigenvalue weighted by Crippen LogP contribution is 2.13. The van der Waals surface area contributed by atoms with E-state index in [2.05, 4.69) is 46.9 Å². The Hall–Kier alpha value is -1.39. The lowest BCUT2D eigenvalue weighted by Gasteiger charge is -2.24. The summed E-state index contributed by atoms with van der Waals surface area (Å²) >= 11 is 0. The van der Waals surface area contributed by atoms with Crippen molar-refractivity contribution >= 4 is 5.65 Å². The molecule has 4 heteroatoms. The molecular formula is C17H26N4. The molecule has 0 aromatic carbocycles. The third kappa shape index (κ3) is 3.83. The highest BCUT2D eigenvalue weighted by atomic mass is 15.2. The summed E-state index contributed by atoms with van der Waals surface area (Å²) in [6.45, 7) is 9.00. The van der Waals surface area contributed by atoms with Crippen LogP contribution in [0.25, 0.3) is 5.65 Å². The van der Waals surface area contributed by atoms with Gasteiger partial charge in [-0.15, -0.1) is 0 Å². The summed E-state index contributed by atoms with van der Waals surface area (Å²) in [5.41, 5.74) is 2.21. The van der Waals surface area contributed by atoms with Gasteiger partial charge in [-0.1, -0.05) is 19.9 Å². The zero-order chi connectivity index (χ0) is 14.7. The van der Waals surface area contributed by atoms with E-state index in [0.29, 0.717) is 6.04 Å². The lowest BCUT2D eigenvalue weighted by molar-refractivity contribution is 0.245. The van der Waals surface area contributed by atoms with E-state index in [-0.39, 0.29) is 0 Å². The maximum absolute atomic E-state index is 4.72. The molecule has 0 spiro atoms. The van der Waals surface area contributed by atoms with Crippen molar-refractivity contribution in [1.82, 2.24) is 19.6 Å². The first-order chi connectivity index (χ1) is 10.2. The summed E-state index contributed by atoms with van der Waals surface area (Å²) in [6, 6.07) is 6.77. The molecule has 4 nitrogen and oxygen atoms in total. The molecule has 0 aliphatic carbocycles. The Morgan fingerprint density at radius 1 is 1.38 bits per heavy atom. The number of fused-ring (bicyclic) bond motifs is 1. The third-order valence-electron chi connectivity index (χ3n) is 4.12. The lowest BCUT2D eigenvalue weighted by Crippen LogP contribution is -2.38. The molecule has 0 amide bonds. The van der Waals surface area contributed by atoms with E-state index in [1.54, 1.807) is 0 Å². The highest BCUT2D eigenvalue weighted by molar-refractivity contribution is 5.39. The van der Waals surface area contributed by atoms with Crippen LogP contribution in [0, 0.1) is 5.92 Å². The van der Waals surface area contributed by atoms with Crippen molar-refractivity contribution in [2.24, 2.45) is 5.92 Å². The number of nitrogens with zero attached hydrogens (tertiary/aromatic N) is 3. The predicted molar refractivity (Wildman–Crippen MR) is 86.3 cm³/mol. The Kier molecular flexibility index (Phi) is 4.56. The Labute approximate surface area is 127 Å². The minimum atomic E-state index is 0.615. The van der Waals surface area contributed by atoms with Gasteiger partial charge in [0, 0.05) is 31.5 Å². The van der Waals surface area contributed by atoms with Gasteiger partial charge in [0.05, 0.1) is 5.69 Å². The van der Waals surface area contributed by atoms with Crippen LogP contribution in [-0.4, -0.2) is 40.0 Å². The number of hydrogen-bond acceptors (Lipinski definition) is 3. The monoisotopic (exact) mass is 286 g/mol. The van der Waals surface area contributed by atoms with Gasteiger partial charge >= 0.3 is 0 Å². The van der Waals surface area contributed by atoms with Crippen LogP contribution < -0.4 is 5.32 Å². The van der Waals surface area contributed by atoms with E-state index in [0.717, 1.165) is 37.7 Å². The molecule has 0 saturated carbocycles. The Bertz CT molecular complexity index is 542. The average molecular weight is 286 g/mol. The van der Waals surface area contributed by atoms with Crippen LogP contribution in [0.2, 0.25) is 0 Å². The molecule has 3 rings (SSSR count). The zero-order valence-electron chi connectivity index (χ0n) is 13.1. The van der Waals surface area contributed by atoms with Gasteiger partial charge in [-0.25, -0.2) is 4.98 Å². The Morgan fingerprint density at radius 3 is 3.10 bits per heavy atom. The molecule has 0 radical (unpaired) electrons. The van der Waals surface area contributed by atoms with Crippen molar-refractivity contribution in [1.29, 1.82) is 0 Å². The first kappa shape index (κ1) is 14.5. The number of hydrogen-bond donors (Lipinski definition) is 1. The van der Waals surface area contributed by atoms with E-state index >= 15 is 0 Å². The van der Waals surface area contributed by atoms with Crippen molar-refractivity contribution in [2.45, 2.75) is 39.3 Å². The van der Waals surface area contributed by atoms with E-state index in [9.17, 15) is 0 Å². The second-order valence-electron chi connectivity index (χ2n) is 6.57. The van der Waals surface area contributed by atoms with E-state index < -0.39 is 0 Å². The van der Waals surface area contributed by atoms with Crippen LogP contribution in [0.4, 0.5) is 0 Å². The highest BCUT2D eigenvalue weighted by Gasteiger charge is 2.19. The summed E-state index contributed by atoms with van der Waals surface area (Å²) in [6.07, 6.45) is 6.70. The van der Waals surface area contributed by atoms with Crippen molar-refractivity contribution in [2.75, 3.05) is 19.6 Å². The quantitative estimate of drug-likeness (QED) is 0.937. The number of imidazole rings is 1. The summed E-state index contributed by atoms with van der Waals surface area (Å²) in [4.78, 5) is 7.27. The fraction of sp³-hybridized carbons (Fsp3) is 0.588. The van der Waals surface area contributed by atoms with Crippen LogP contribution in [0.1, 0.15) is 32.4 Å². The lowest BCUT2D eigenvalue weighted by atomic mass is 10.0. The van der Waals surface area contributed by atoms with Crippen molar-refractivity contribution in [3.8, 4) is 0 Å². The van der Waals surface area contributed by atoms with Gasteiger partial charge in [-0.05, 0) is 44.0 Å². The molecule has 0 bridgehead atoms. The number of aromatic nitrogens is 2. The second-order valence-corrected chi connectivity index (χ2v) is 6.57. The van der Waals surface area contributed by atoms with Gasteiger partial charge < -0.3 is 9.72 Å². The maximum Gasteiger partial charge on any atom is 0.137 e. The zero-order valence-corrected chi connectivity index (χ0v) is 13.1. The van der Waals surface area contributed by atoms with E-state index in [1.807, 2.05) is 12.1 Å². The number of rotatable bonds is 4. The molecule has 114 valence electrons. The van der Waals surface area contributed by atoms with E-state index in [1.165, 1.54) is 18.5 Å². The fourth-order valence-corrected chi connectivity index (χ4v) is 3.24. The molecule has 1 saturated heterocycles. The molecule has 1 aliphatic heterocycles. The SMILES string of the molecule is CC(C)CC1CN(Cc2cn3ccccc3n2)CCCN1. The molecule has 1 atom stereocenters. The summed E-state index contributed by atoms with van der Waals surface area (Å²) < 4.78 is 2.11. The second kappa shape index (κ2) is 6.58. The van der Waals surface area contributed by atoms with Crippen LogP contribution >= 0.6 is 0 Å². The Morgan fingerprint density at radius 2 is 2.29 bits per heavy atom. The van der Waals surface area contributed by atoms with Crippen molar-refractivity contribution in [3.63, 3.8) is 0 Å². The standard InChI is InChI=1S/C17H26N4/c1-14(2)10-15-11-20(8-5-7-18-15)12-16-13-21-9-4-3-6-17(21)19-16/h3-4,6,9,13-15,18H,5,7-8,10-12H2,1-2H3. The van der Waals surface area contributed by atoms with Gasteiger partial charge in [0.25, 0.3) is 0 Å². The first-order valence-corrected chi connectivity index (χ1v) is 8.09. The predicted octanol–water partition coefficient (Wildman–Crippen LogP) is 2.54. The molecule has 1 fully saturated rings. The normalized spacial score (nSPS) is 21.0. The summed E-state index contributed by atoms with van der Waals surface area (Å²) in [7, 11) is 0. The molecule has 2 aromatic rings. The molecule has 21 heavy (non-hydrogen) atoms. The molecule has 1 unspecified atom stereocenters. The summed E-state index contributed by atoms with van der Waals surface area (Å²) in [5.74, 6) is 0.748. The van der Waals surface area contributed by atoms with Crippen LogP contribution in [-0.2, 0) is 6.54 Å². The molecule has 2 aromatic heterocycles. The van der Waals surface area contributed by atoms with Gasteiger partial charge in [0.1, 0.15) is 5.65 Å². The Balaban J connectivity index is 1.67. The number of pyridine rings is 1. The molecular weight excluding hydrogens is 260 g/mol. The first-order valence-electron chi connectivity index (χ1n) is 8.09. The molecule has 1 aliphatic rings. The van der Waals surface area contributed by atoms with Crippen LogP contribution in [0.15, 0.2) is 30.6 Å². The topological polar surface area (TPSA) is 32.6 Å². The smallest absolute Gasteiger partial charge is 0.137 e. The van der Waals surface area contributed by atoms with Crippen LogP contribution in [0.3, 0.4) is 0 Å². The average Bonchev–Trinajstić information content (AvgIpc) is 2.72. The largest absolute Gasteiger partial charge is 0.313 e. The third-order valence-corrected chi connectivity index (χ3v) is 4.12. The summed E-state index contributed by atoms with van der Waals surface area (Å²) in [5, 5.41) is 3.69. The van der Waals surface area contributed by atoms with Crippen LogP contribution in [0.5, 0.6) is 0 Å². The maximum atomic E-state index is 4.72. The minimum absolute atomic E-state index is 0.615. The molecule has 1 N–H and O–H groups in total. The molecule has 3 heterocycles. The van der Waals surface area contributed by atoms with Gasteiger partial charge in [-0.3, -0.25) is 4.90 Å². The van der Waals surface area contributed by atoms with Crippen molar-refractivity contribution < 1.29 is 0 Å². The van der Waals surface area contributed by atoms with E-state index in [4.69, 9.17) is 4.98 Å².